The first-order valence-electron chi connectivity index (χ1n) is 7.81. The number of benzene rings is 1. The Bertz CT molecular complexity index is 681. The first-order valence-corrected chi connectivity index (χ1v) is 7.81. The van der Waals surface area contributed by atoms with Gasteiger partial charge in [-0.1, -0.05) is 18.2 Å². The van der Waals surface area contributed by atoms with Crippen LogP contribution in [0.25, 0.3) is 0 Å². The number of para-hydroxylation sites is 1. The molecule has 1 N–H and O–H groups in total. The number of carbonyl (C=O) groups excluding carboxylic acids is 1. The molecular formula is C18H20N2O3. The quantitative estimate of drug-likeness (QED) is 0.921. The first kappa shape index (κ1) is 15.5. The summed E-state index contributed by atoms with van der Waals surface area (Å²) in [5.74, 6) is 0.864. The summed E-state index contributed by atoms with van der Waals surface area (Å²) in [6.45, 7) is 3.14. The van der Waals surface area contributed by atoms with E-state index in [1.807, 2.05) is 31.2 Å². The fourth-order valence-corrected chi connectivity index (χ4v) is 2.53. The number of anilines is 1. The minimum Gasteiger partial charge on any atom is -0.490 e. The molecule has 1 atom stereocenters. The highest BCUT2D eigenvalue weighted by Crippen LogP contribution is 2.21. The van der Waals surface area contributed by atoms with E-state index < -0.39 is 0 Å². The number of carbonyl (C=O) groups is 1. The SMILES string of the molecule is Cc1cccc(NC(=O)c2ccccc2OCC2CCCO2)n1. The second-order valence-corrected chi connectivity index (χ2v) is 5.56. The second-order valence-electron chi connectivity index (χ2n) is 5.56. The summed E-state index contributed by atoms with van der Waals surface area (Å²) < 4.78 is 11.3. The largest absolute Gasteiger partial charge is 0.490 e. The van der Waals surface area contributed by atoms with E-state index in [0.29, 0.717) is 23.7 Å². The number of pyridine rings is 1. The molecule has 0 aliphatic carbocycles. The van der Waals surface area contributed by atoms with Crippen LogP contribution in [0.4, 0.5) is 5.82 Å². The number of hydrogen-bond acceptors (Lipinski definition) is 4. The summed E-state index contributed by atoms with van der Waals surface area (Å²) in [5.41, 5.74) is 1.35. The maximum absolute atomic E-state index is 12.5. The Morgan fingerprint density at radius 2 is 2.17 bits per heavy atom. The molecule has 0 spiro atoms. The van der Waals surface area contributed by atoms with E-state index in [4.69, 9.17) is 9.47 Å². The van der Waals surface area contributed by atoms with Crippen LogP contribution in [0.15, 0.2) is 42.5 Å². The molecule has 120 valence electrons. The molecular weight excluding hydrogens is 292 g/mol. The zero-order chi connectivity index (χ0) is 16.1. The van der Waals surface area contributed by atoms with Gasteiger partial charge in [0, 0.05) is 12.3 Å². The predicted molar refractivity (Wildman–Crippen MR) is 87.8 cm³/mol. The Balaban J connectivity index is 1.69. The lowest BCUT2D eigenvalue weighted by atomic mass is 10.2. The van der Waals surface area contributed by atoms with Gasteiger partial charge in [-0.3, -0.25) is 4.79 Å². The van der Waals surface area contributed by atoms with E-state index in [-0.39, 0.29) is 12.0 Å². The molecule has 1 aliphatic heterocycles. The number of aromatic nitrogens is 1. The third-order valence-corrected chi connectivity index (χ3v) is 3.71. The van der Waals surface area contributed by atoms with Gasteiger partial charge in [-0.15, -0.1) is 0 Å². The maximum Gasteiger partial charge on any atom is 0.260 e. The number of nitrogens with zero attached hydrogens (tertiary/aromatic N) is 1. The van der Waals surface area contributed by atoms with Crippen molar-refractivity contribution in [2.75, 3.05) is 18.5 Å². The minimum atomic E-state index is -0.231. The lowest BCUT2D eigenvalue weighted by Crippen LogP contribution is -2.19. The molecule has 1 saturated heterocycles. The van der Waals surface area contributed by atoms with Crippen LogP contribution in [0.2, 0.25) is 0 Å². The molecule has 2 heterocycles. The lowest BCUT2D eigenvalue weighted by molar-refractivity contribution is 0.0673. The van der Waals surface area contributed by atoms with Crippen molar-refractivity contribution in [2.45, 2.75) is 25.9 Å². The van der Waals surface area contributed by atoms with Gasteiger partial charge in [-0.25, -0.2) is 4.98 Å². The molecule has 1 unspecified atom stereocenters. The molecule has 23 heavy (non-hydrogen) atoms. The molecule has 1 amide bonds. The van der Waals surface area contributed by atoms with E-state index in [2.05, 4.69) is 10.3 Å². The van der Waals surface area contributed by atoms with Crippen molar-refractivity contribution in [3.63, 3.8) is 0 Å². The van der Waals surface area contributed by atoms with E-state index in [1.165, 1.54) is 0 Å². The second kappa shape index (κ2) is 7.24. The number of amides is 1. The smallest absolute Gasteiger partial charge is 0.260 e. The van der Waals surface area contributed by atoms with Crippen LogP contribution in [0.1, 0.15) is 28.9 Å². The Morgan fingerprint density at radius 1 is 1.30 bits per heavy atom. The van der Waals surface area contributed by atoms with Gasteiger partial charge in [0.2, 0.25) is 0 Å². The molecule has 0 saturated carbocycles. The van der Waals surface area contributed by atoms with Crippen molar-refractivity contribution in [2.24, 2.45) is 0 Å². The highest BCUT2D eigenvalue weighted by molar-refractivity contribution is 6.05. The predicted octanol–water partition coefficient (Wildman–Crippen LogP) is 3.20. The van der Waals surface area contributed by atoms with Gasteiger partial charge in [-0.05, 0) is 44.0 Å². The van der Waals surface area contributed by atoms with E-state index in [1.54, 1.807) is 18.2 Å². The molecule has 2 aromatic rings. The van der Waals surface area contributed by atoms with Gasteiger partial charge in [0.05, 0.1) is 11.7 Å². The summed E-state index contributed by atoms with van der Waals surface area (Å²) in [6, 6.07) is 12.7. The average Bonchev–Trinajstić information content (AvgIpc) is 3.06. The van der Waals surface area contributed by atoms with Crippen LogP contribution in [0, 0.1) is 6.92 Å². The van der Waals surface area contributed by atoms with Crippen molar-refractivity contribution < 1.29 is 14.3 Å². The van der Waals surface area contributed by atoms with Crippen molar-refractivity contribution in [3.05, 3.63) is 53.7 Å². The number of hydrogen-bond donors (Lipinski definition) is 1. The first-order chi connectivity index (χ1) is 11.2. The van der Waals surface area contributed by atoms with Crippen LogP contribution in [0.3, 0.4) is 0 Å². The maximum atomic E-state index is 12.5. The van der Waals surface area contributed by atoms with Gasteiger partial charge >= 0.3 is 0 Å². The zero-order valence-electron chi connectivity index (χ0n) is 13.1. The van der Waals surface area contributed by atoms with Gasteiger partial charge in [0.1, 0.15) is 18.2 Å². The van der Waals surface area contributed by atoms with Gasteiger partial charge in [0.25, 0.3) is 5.91 Å². The average molecular weight is 312 g/mol. The molecule has 1 fully saturated rings. The van der Waals surface area contributed by atoms with Crippen molar-refractivity contribution in [1.29, 1.82) is 0 Å². The molecule has 3 rings (SSSR count). The van der Waals surface area contributed by atoms with Crippen molar-refractivity contribution in [3.8, 4) is 5.75 Å². The van der Waals surface area contributed by atoms with Crippen LogP contribution in [-0.2, 0) is 4.74 Å². The summed E-state index contributed by atoms with van der Waals surface area (Å²) in [7, 11) is 0. The molecule has 5 nitrogen and oxygen atoms in total. The lowest BCUT2D eigenvalue weighted by Gasteiger charge is -2.14. The van der Waals surface area contributed by atoms with Crippen LogP contribution in [-0.4, -0.2) is 30.2 Å². The molecule has 0 radical (unpaired) electrons. The number of nitrogens with one attached hydrogen (secondary N) is 1. The number of ether oxygens (including phenoxy) is 2. The fourth-order valence-electron chi connectivity index (χ4n) is 2.53. The topological polar surface area (TPSA) is 60.5 Å². The standard InChI is InChI=1S/C18H20N2O3/c1-13-6-4-10-17(19-13)20-18(21)15-8-2-3-9-16(15)23-12-14-7-5-11-22-14/h2-4,6,8-10,14H,5,7,11-12H2,1H3,(H,19,20,21). The molecule has 1 aliphatic rings. The van der Waals surface area contributed by atoms with Gasteiger partial charge in [-0.2, -0.15) is 0 Å². The van der Waals surface area contributed by atoms with Crippen LogP contribution < -0.4 is 10.1 Å². The zero-order valence-corrected chi connectivity index (χ0v) is 13.1. The van der Waals surface area contributed by atoms with Gasteiger partial charge < -0.3 is 14.8 Å². The summed E-state index contributed by atoms with van der Waals surface area (Å²) in [6.07, 6.45) is 2.18. The van der Waals surface area contributed by atoms with Crippen molar-refractivity contribution in [1.82, 2.24) is 4.98 Å². The fraction of sp³-hybridized carbons (Fsp3) is 0.333. The Hall–Kier alpha value is -2.40. The van der Waals surface area contributed by atoms with E-state index in [0.717, 1.165) is 25.1 Å². The summed E-state index contributed by atoms with van der Waals surface area (Å²) in [5, 5.41) is 2.81. The number of rotatable bonds is 5. The van der Waals surface area contributed by atoms with E-state index >= 15 is 0 Å². The van der Waals surface area contributed by atoms with Crippen molar-refractivity contribution >= 4 is 11.7 Å². The Morgan fingerprint density at radius 3 is 2.96 bits per heavy atom. The molecule has 1 aromatic carbocycles. The monoisotopic (exact) mass is 312 g/mol. The van der Waals surface area contributed by atoms with E-state index in [9.17, 15) is 4.79 Å². The highest BCUT2D eigenvalue weighted by atomic mass is 16.5. The third kappa shape index (κ3) is 4.07. The highest BCUT2D eigenvalue weighted by Gasteiger charge is 2.18. The molecule has 0 bridgehead atoms. The van der Waals surface area contributed by atoms with Gasteiger partial charge in [0.15, 0.2) is 0 Å². The number of aryl methyl sites for hydroxylation is 1. The Kier molecular flexibility index (Phi) is 4.88. The van der Waals surface area contributed by atoms with Crippen LogP contribution >= 0.6 is 0 Å². The van der Waals surface area contributed by atoms with Crippen LogP contribution in [0.5, 0.6) is 5.75 Å². The molecule has 1 aromatic heterocycles. The Labute approximate surface area is 135 Å². The summed E-state index contributed by atoms with van der Waals surface area (Å²) >= 11 is 0. The molecule has 5 heteroatoms. The summed E-state index contributed by atoms with van der Waals surface area (Å²) in [4.78, 5) is 16.8. The minimum absolute atomic E-state index is 0.115. The third-order valence-electron chi connectivity index (χ3n) is 3.71. The normalized spacial score (nSPS) is 17.0.